The molecule has 9 heteroatoms. The predicted octanol–water partition coefficient (Wildman–Crippen LogP) is 3.93. The number of hydrogen-bond acceptors (Lipinski definition) is 5. The van der Waals surface area contributed by atoms with E-state index in [1.165, 1.54) is 28.2 Å². The van der Waals surface area contributed by atoms with Crippen LogP contribution in [0.2, 0.25) is 0 Å². The van der Waals surface area contributed by atoms with Crippen LogP contribution < -0.4 is 4.90 Å². The number of likely N-dealkylation sites (tertiary alicyclic amines) is 1. The van der Waals surface area contributed by atoms with Crippen LogP contribution in [0.15, 0.2) is 52.3 Å². The van der Waals surface area contributed by atoms with Gasteiger partial charge in [0.1, 0.15) is 5.82 Å². The van der Waals surface area contributed by atoms with Gasteiger partial charge in [0.05, 0.1) is 10.5 Å². The van der Waals surface area contributed by atoms with Crippen LogP contribution >= 0.6 is 11.8 Å². The Bertz CT molecular complexity index is 1090. The van der Waals surface area contributed by atoms with E-state index in [2.05, 4.69) is 11.8 Å². The Kier molecular flexibility index (Phi) is 7.31. The first-order valence-electron chi connectivity index (χ1n) is 11.3. The van der Waals surface area contributed by atoms with Gasteiger partial charge in [0.15, 0.2) is 0 Å². The molecule has 0 bridgehead atoms. The van der Waals surface area contributed by atoms with Gasteiger partial charge in [-0.05, 0) is 67.5 Å². The highest BCUT2D eigenvalue weighted by molar-refractivity contribution is 7.98. The lowest BCUT2D eigenvalue weighted by Crippen LogP contribution is -2.48. The summed E-state index contributed by atoms with van der Waals surface area (Å²) in [6, 6.07) is 11.1. The summed E-state index contributed by atoms with van der Waals surface area (Å²) in [7, 11) is -3.73. The summed E-state index contributed by atoms with van der Waals surface area (Å²) in [5.74, 6) is 0.219. The Morgan fingerprint density at radius 1 is 0.970 bits per heavy atom. The number of benzene rings is 2. The van der Waals surface area contributed by atoms with E-state index in [9.17, 15) is 17.6 Å². The maximum Gasteiger partial charge on any atom is 0.255 e. The molecule has 2 aliphatic rings. The first-order chi connectivity index (χ1) is 15.8. The number of piperazine rings is 1. The molecule has 0 N–H and O–H groups in total. The van der Waals surface area contributed by atoms with E-state index in [4.69, 9.17) is 0 Å². The fraction of sp³-hybridized carbons (Fsp3) is 0.458. The normalized spacial score (nSPS) is 18.5. The van der Waals surface area contributed by atoms with Crippen LogP contribution in [0.4, 0.5) is 10.1 Å². The summed E-state index contributed by atoms with van der Waals surface area (Å²) in [6.07, 6.45) is 3.83. The van der Waals surface area contributed by atoms with Gasteiger partial charge in [-0.25, -0.2) is 12.8 Å². The molecule has 178 valence electrons. The summed E-state index contributed by atoms with van der Waals surface area (Å²) in [6.45, 7) is 5.30. The van der Waals surface area contributed by atoms with Crippen molar-refractivity contribution in [2.24, 2.45) is 5.92 Å². The molecule has 2 aromatic rings. The molecule has 1 amide bonds. The van der Waals surface area contributed by atoms with E-state index in [-0.39, 0.29) is 16.6 Å². The molecule has 0 aliphatic carbocycles. The molecule has 0 unspecified atom stereocenters. The highest BCUT2D eigenvalue weighted by atomic mass is 32.2. The molecule has 6 nitrogen and oxygen atoms in total. The van der Waals surface area contributed by atoms with E-state index in [0.717, 1.165) is 23.4 Å². The first kappa shape index (κ1) is 24.0. The number of piperidine rings is 1. The lowest BCUT2D eigenvalue weighted by molar-refractivity contribution is 0.0693. The van der Waals surface area contributed by atoms with Crippen molar-refractivity contribution in [3.05, 3.63) is 53.8 Å². The van der Waals surface area contributed by atoms with Crippen molar-refractivity contribution in [3.63, 3.8) is 0 Å². The molecule has 0 radical (unpaired) electrons. The fourth-order valence-corrected chi connectivity index (χ4v) is 6.40. The largest absolute Gasteiger partial charge is 0.369 e. The molecule has 0 saturated carbocycles. The first-order valence-corrected chi connectivity index (χ1v) is 13.9. The summed E-state index contributed by atoms with van der Waals surface area (Å²) < 4.78 is 41.5. The maximum absolute atomic E-state index is 13.4. The standard InChI is InChI=1S/C24H30FN3O3S2/c1-18-9-11-27(12-10-18)24(29)22-17-21(7-8-23(22)32-2)33(30,31)28-15-13-26(14-16-28)20-5-3-19(25)4-6-20/h3-8,17-18H,9-16H2,1-2H3. The molecular formula is C24H30FN3O3S2. The number of carbonyl (C=O) groups is 1. The second kappa shape index (κ2) is 10.0. The maximum atomic E-state index is 13.4. The zero-order valence-corrected chi connectivity index (χ0v) is 20.7. The van der Waals surface area contributed by atoms with Crippen LogP contribution in [0.25, 0.3) is 0 Å². The molecule has 4 rings (SSSR count). The fourth-order valence-electron chi connectivity index (χ4n) is 4.38. The number of nitrogens with zero attached hydrogens (tertiary/aromatic N) is 3. The SMILES string of the molecule is CSc1ccc(S(=O)(=O)N2CCN(c3ccc(F)cc3)CC2)cc1C(=O)N1CCC(C)CC1. The highest BCUT2D eigenvalue weighted by Gasteiger charge is 2.31. The molecule has 2 aromatic carbocycles. The van der Waals surface area contributed by atoms with E-state index >= 15 is 0 Å². The van der Waals surface area contributed by atoms with Crippen molar-refractivity contribution < 1.29 is 17.6 Å². The van der Waals surface area contributed by atoms with E-state index in [0.29, 0.717) is 50.7 Å². The monoisotopic (exact) mass is 491 g/mol. The average molecular weight is 492 g/mol. The van der Waals surface area contributed by atoms with Crippen molar-refractivity contribution in [3.8, 4) is 0 Å². The minimum Gasteiger partial charge on any atom is -0.369 e. The van der Waals surface area contributed by atoms with Crippen LogP contribution in [0.5, 0.6) is 0 Å². The van der Waals surface area contributed by atoms with Gasteiger partial charge in [0.25, 0.3) is 5.91 Å². The van der Waals surface area contributed by atoms with Crippen LogP contribution in [0.1, 0.15) is 30.1 Å². The Balaban J connectivity index is 1.51. The van der Waals surface area contributed by atoms with Crippen LogP contribution in [-0.2, 0) is 10.0 Å². The predicted molar refractivity (Wildman–Crippen MR) is 130 cm³/mol. The highest BCUT2D eigenvalue weighted by Crippen LogP contribution is 2.29. The third-order valence-corrected chi connectivity index (χ3v) is 9.23. The summed E-state index contributed by atoms with van der Waals surface area (Å²) in [4.78, 5) is 18.1. The van der Waals surface area contributed by atoms with Crippen molar-refractivity contribution >= 4 is 33.4 Å². The molecule has 0 spiro atoms. The number of sulfonamides is 1. The molecule has 2 aliphatic heterocycles. The minimum atomic E-state index is -3.73. The zero-order chi connectivity index (χ0) is 23.6. The smallest absolute Gasteiger partial charge is 0.255 e. The number of anilines is 1. The topological polar surface area (TPSA) is 60.9 Å². The van der Waals surface area contributed by atoms with E-state index < -0.39 is 10.0 Å². The molecule has 2 saturated heterocycles. The molecule has 33 heavy (non-hydrogen) atoms. The Hall–Kier alpha value is -2.10. The van der Waals surface area contributed by atoms with E-state index in [1.54, 1.807) is 30.3 Å². The van der Waals surface area contributed by atoms with Crippen molar-refractivity contribution in [1.29, 1.82) is 0 Å². The third-order valence-electron chi connectivity index (χ3n) is 6.54. The third kappa shape index (κ3) is 5.20. The number of carbonyl (C=O) groups excluding carboxylic acids is 1. The van der Waals surface area contributed by atoms with Gasteiger partial charge in [0, 0.05) is 49.9 Å². The lowest BCUT2D eigenvalue weighted by atomic mass is 9.98. The Morgan fingerprint density at radius 3 is 2.21 bits per heavy atom. The number of thioether (sulfide) groups is 1. The van der Waals surface area contributed by atoms with Gasteiger partial charge in [-0.3, -0.25) is 4.79 Å². The second-order valence-electron chi connectivity index (χ2n) is 8.70. The minimum absolute atomic E-state index is 0.0931. The summed E-state index contributed by atoms with van der Waals surface area (Å²) in [5.41, 5.74) is 1.34. The average Bonchev–Trinajstić information content (AvgIpc) is 2.84. The number of rotatable bonds is 5. The second-order valence-corrected chi connectivity index (χ2v) is 11.5. The summed E-state index contributed by atoms with van der Waals surface area (Å²) in [5, 5.41) is 0. The van der Waals surface area contributed by atoms with Crippen LogP contribution in [0.3, 0.4) is 0 Å². The molecular weight excluding hydrogens is 461 g/mol. The van der Waals surface area contributed by atoms with Crippen molar-refractivity contribution in [2.75, 3.05) is 50.4 Å². The van der Waals surface area contributed by atoms with Gasteiger partial charge in [-0.2, -0.15) is 4.31 Å². The van der Waals surface area contributed by atoms with Gasteiger partial charge < -0.3 is 9.80 Å². The Morgan fingerprint density at radius 2 is 1.61 bits per heavy atom. The van der Waals surface area contributed by atoms with Gasteiger partial charge in [0.2, 0.25) is 10.0 Å². The van der Waals surface area contributed by atoms with Gasteiger partial charge >= 0.3 is 0 Å². The number of amides is 1. The number of halogens is 1. The Labute approximate surface area is 199 Å². The molecule has 2 heterocycles. The number of hydrogen-bond donors (Lipinski definition) is 0. The van der Waals surface area contributed by atoms with Crippen LogP contribution in [0, 0.1) is 11.7 Å². The van der Waals surface area contributed by atoms with E-state index in [1.807, 2.05) is 11.2 Å². The molecule has 2 fully saturated rings. The molecule has 0 atom stereocenters. The van der Waals surface area contributed by atoms with Gasteiger partial charge in [-0.15, -0.1) is 11.8 Å². The zero-order valence-electron chi connectivity index (χ0n) is 19.0. The lowest BCUT2D eigenvalue weighted by Gasteiger charge is -2.35. The van der Waals surface area contributed by atoms with Crippen LogP contribution in [-0.4, -0.2) is 69.1 Å². The van der Waals surface area contributed by atoms with Gasteiger partial charge in [-0.1, -0.05) is 6.92 Å². The van der Waals surface area contributed by atoms with Crippen molar-refractivity contribution in [2.45, 2.75) is 29.6 Å². The summed E-state index contributed by atoms with van der Waals surface area (Å²) >= 11 is 1.45. The van der Waals surface area contributed by atoms with Crippen molar-refractivity contribution in [1.82, 2.24) is 9.21 Å². The molecule has 0 aromatic heterocycles. The quantitative estimate of drug-likeness (QED) is 0.593.